The standard InChI is InChI=1S/C21H14FN3O2S.C20H15FN4O3.C20H12FN3O3/c22-20-15(23-18(26)11-13-5-3-9-28-13)8-7-14-19(20)21(25-24-14)17-10-12-4-1-2-6-16(12)27-17;21-18-12(23-20(27)13-7-8-16(26)22-13)6-5-11-17(18)19(25-24-11)15-9-10-3-1-2-4-14(10)28-15;21-18-13(22-20(25)15-6-3-9-26-15)8-7-12-17(18)19(24-23-12)16-10-11-4-1-2-5-14(11)27-16/h1-10H,11H2,(H,23,26)(H,24,25);1-6,9,13H,7-8H2,(H,22,26)(H,23,27)(H,24,25);1-10H,(H,22,25)(H,23,24)/t;13-;/m.0./s1. The number of fused-ring (bicyclic) bond motifs is 6. The number of aromatic amines is 3. The van der Waals surface area contributed by atoms with Gasteiger partial charge in [0.1, 0.15) is 39.9 Å². The molecule has 7 N–H and O–H groups in total. The number of thiophene rings is 1. The molecule has 0 bridgehead atoms. The number of carbonyl (C=O) groups excluding carboxylic acids is 4. The summed E-state index contributed by atoms with van der Waals surface area (Å²) >= 11 is 1.49. The van der Waals surface area contributed by atoms with Crippen molar-refractivity contribution in [3.8, 4) is 34.4 Å². The number of anilines is 3. The Bertz CT molecular complexity index is 4690. The summed E-state index contributed by atoms with van der Waals surface area (Å²) in [6.45, 7) is 0. The summed E-state index contributed by atoms with van der Waals surface area (Å²) in [7, 11) is 0. The van der Waals surface area contributed by atoms with Crippen LogP contribution < -0.4 is 21.3 Å². The number of rotatable bonds is 10. The van der Waals surface area contributed by atoms with Gasteiger partial charge in [-0.05, 0) is 103 Å². The molecule has 6 aromatic carbocycles. The number of hydrogen-bond acceptors (Lipinski definition) is 12. The second kappa shape index (κ2) is 21.6. The largest absolute Gasteiger partial charge is 0.459 e. The zero-order valence-electron chi connectivity index (χ0n) is 42.9. The number of benzene rings is 6. The zero-order chi connectivity index (χ0) is 56.7. The van der Waals surface area contributed by atoms with E-state index in [0.29, 0.717) is 74.1 Å². The predicted octanol–water partition coefficient (Wildman–Crippen LogP) is 13.7. The van der Waals surface area contributed by atoms with E-state index in [1.807, 2.05) is 96.4 Å². The van der Waals surface area contributed by atoms with E-state index in [4.69, 9.17) is 17.7 Å². The first kappa shape index (κ1) is 51.4. The van der Waals surface area contributed by atoms with Gasteiger partial charge in [-0.25, -0.2) is 13.2 Å². The van der Waals surface area contributed by atoms with Gasteiger partial charge in [-0.1, -0.05) is 60.7 Å². The second-order valence-electron chi connectivity index (χ2n) is 19.1. The van der Waals surface area contributed by atoms with Crippen molar-refractivity contribution in [2.75, 3.05) is 16.0 Å². The third kappa shape index (κ3) is 10.1. The molecule has 1 aliphatic rings. The Balaban J connectivity index is 0.000000117. The van der Waals surface area contributed by atoms with Gasteiger partial charge in [0.05, 0.1) is 62.5 Å². The average molecular weight is 1130 g/mol. The molecule has 1 saturated heterocycles. The van der Waals surface area contributed by atoms with E-state index in [0.717, 1.165) is 21.0 Å². The van der Waals surface area contributed by atoms with Crippen LogP contribution in [0.25, 0.3) is 100.0 Å². The maximum atomic E-state index is 15.2. The Labute approximate surface area is 468 Å². The third-order valence-electron chi connectivity index (χ3n) is 13.7. The van der Waals surface area contributed by atoms with Crippen LogP contribution in [0, 0.1) is 17.5 Å². The van der Waals surface area contributed by atoms with Crippen LogP contribution in [0.4, 0.5) is 30.2 Å². The van der Waals surface area contributed by atoms with Gasteiger partial charge in [-0.2, -0.15) is 15.3 Å². The Kier molecular flexibility index (Phi) is 13.4. The summed E-state index contributed by atoms with van der Waals surface area (Å²) in [5, 5.41) is 36.7. The van der Waals surface area contributed by atoms with E-state index >= 15 is 13.2 Å². The molecule has 0 radical (unpaired) electrons. The van der Waals surface area contributed by atoms with Crippen molar-refractivity contribution in [3.63, 3.8) is 0 Å². The molecule has 1 aliphatic heterocycles. The number of hydrogen-bond donors (Lipinski definition) is 7. The predicted molar refractivity (Wildman–Crippen MR) is 307 cm³/mol. The van der Waals surface area contributed by atoms with Gasteiger partial charge in [0, 0.05) is 27.5 Å². The fourth-order valence-corrected chi connectivity index (χ4v) is 10.4. The lowest BCUT2D eigenvalue weighted by Gasteiger charge is -2.12. The first-order valence-corrected chi connectivity index (χ1v) is 26.6. The Morgan fingerprint density at radius 3 is 1.45 bits per heavy atom. The highest BCUT2D eigenvalue weighted by Gasteiger charge is 2.29. The normalized spacial score (nSPS) is 13.1. The van der Waals surface area contributed by atoms with Gasteiger partial charge < -0.3 is 38.9 Å². The molecule has 9 heterocycles. The topological polar surface area (TPSA) is 255 Å². The van der Waals surface area contributed by atoms with E-state index in [1.165, 1.54) is 41.9 Å². The smallest absolute Gasteiger partial charge is 0.291 e. The lowest BCUT2D eigenvalue weighted by Crippen LogP contribution is -2.37. The molecular formula is C61H41F3N10O8S. The van der Waals surface area contributed by atoms with Crippen LogP contribution in [0.15, 0.2) is 181 Å². The Hall–Kier alpha value is -11.0. The summed E-state index contributed by atoms with van der Waals surface area (Å²) in [5.41, 5.74) is 4.80. The van der Waals surface area contributed by atoms with Gasteiger partial charge >= 0.3 is 0 Å². The molecule has 22 heteroatoms. The van der Waals surface area contributed by atoms with Gasteiger partial charge in [0.25, 0.3) is 5.91 Å². The molecule has 83 heavy (non-hydrogen) atoms. The Morgan fingerprint density at radius 2 is 1.02 bits per heavy atom. The molecule has 1 fully saturated rings. The molecule has 0 aliphatic carbocycles. The molecule has 0 spiro atoms. The zero-order valence-corrected chi connectivity index (χ0v) is 43.8. The van der Waals surface area contributed by atoms with E-state index in [9.17, 15) is 19.2 Å². The molecular weight excluding hydrogens is 1090 g/mol. The van der Waals surface area contributed by atoms with Crippen molar-refractivity contribution >= 4 is 118 Å². The van der Waals surface area contributed by atoms with Crippen LogP contribution >= 0.6 is 11.3 Å². The van der Waals surface area contributed by atoms with Crippen molar-refractivity contribution in [1.29, 1.82) is 0 Å². The quantitative estimate of drug-likeness (QED) is 0.0678. The molecule has 8 aromatic heterocycles. The lowest BCUT2D eigenvalue weighted by atomic mass is 10.1. The highest BCUT2D eigenvalue weighted by molar-refractivity contribution is 7.10. The minimum absolute atomic E-state index is 0.0254. The van der Waals surface area contributed by atoms with E-state index in [2.05, 4.69) is 51.9 Å². The number of nitrogens with one attached hydrogen (secondary N) is 7. The van der Waals surface area contributed by atoms with E-state index in [1.54, 1.807) is 36.4 Å². The second-order valence-corrected chi connectivity index (χ2v) is 20.1. The van der Waals surface area contributed by atoms with Gasteiger partial charge in [-0.3, -0.25) is 34.5 Å². The van der Waals surface area contributed by atoms with E-state index < -0.39 is 35.3 Å². The van der Waals surface area contributed by atoms with Crippen molar-refractivity contribution in [3.05, 3.63) is 191 Å². The fraction of sp³-hybridized carbons (Fsp3) is 0.0656. The third-order valence-corrected chi connectivity index (χ3v) is 14.6. The highest BCUT2D eigenvalue weighted by Crippen LogP contribution is 2.38. The molecule has 410 valence electrons. The number of nitrogens with zero attached hydrogens (tertiary/aromatic N) is 3. The number of para-hydroxylation sites is 3. The lowest BCUT2D eigenvalue weighted by molar-refractivity contribution is -0.122. The maximum Gasteiger partial charge on any atom is 0.291 e. The summed E-state index contributed by atoms with van der Waals surface area (Å²) in [6.07, 6.45) is 2.27. The summed E-state index contributed by atoms with van der Waals surface area (Å²) in [4.78, 5) is 49.0. The number of amides is 4. The van der Waals surface area contributed by atoms with Crippen LogP contribution in [0.2, 0.25) is 0 Å². The first-order chi connectivity index (χ1) is 40.5. The highest BCUT2D eigenvalue weighted by atomic mass is 32.1. The summed E-state index contributed by atoms with van der Waals surface area (Å²) < 4.78 is 68.1. The van der Waals surface area contributed by atoms with Crippen LogP contribution in [0.1, 0.15) is 28.3 Å². The number of H-pyrrole nitrogens is 3. The maximum absolute atomic E-state index is 15.2. The van der Waals surface area contributed by atoms with Crippen molar-refractivity contribution < 1.29 is 50.0 Å². The minimum Gasteiger partial charge on any atom is -0.459 e. The Morgan fingerprint density at radius 1 is 0.554 bits per heavy atom. The van der Waals surface area contributed by atoms with Crippen molar-refractivity contribution in [1.82, 2.24) is 35.9 Å². The average Bonchev–Trinajstić information content (AvgIpc) is 3.47. The number of halogens is 3. The van der Waals surface area contributed by atoms with Crippen LogP contribution in [-0.2, 0) is 20.8 Å². The van der Waals surface area contributed by atoms with Gasteiger partial charge in [0.15, 0.2) is 40.5 Å². The summed E-state index contributed by atoms with van der Waals surface area (Å²) in [6, 6.07) is 43.6. The SMILES string of the molecule is O=C(Cc1cccs1)Nc1ccc2[nH]nc(-c3cc4ccccc4o3)c2c1F.O=C(Nc1ccc2[nH]nc(-c3cc4ccccc4o3)c2c1F)c1ccco1.O=C1CC[C@@H](C(=O)Nc2ccc3[nH]nc(-c4cc5ccccc5o4)c3c2F)N1. The number of carbonyl (C=O) groups is 4. The van der Waals surface area contributed by atoms with Crippen molar-refractivity contribution in [2.45, 2.75) is 25.3 Å². The van der Waals surface area contributed by atoms with E-state index in [-0.39, 0.29) is 63.6 Å². The summed E-state index contributed by atoms with van der Waals surface area (Å²) in [5.74, 6) is -1.75. The minimum atomic E-state index is -0.651. The molecule has 4 amide bonds. The first-order valence-electron chi connectivity index (χ1n) is 25.7. The number of aromatic nitrogens is 6. The fourth-order valence-electron chi connectivity index (χ4n) is 9.73. The molecule has 0 saturated carbocycles. The molecule has 14 aromatic rings. The molecule has 18 nitrogen and oxygen atoms in total. The van der Waals surface area contributed by atoms with Crippen molar-refractivity contribution in [2.24, 2.45) is 0 Å². The molecule has 0 unspecified atom stereocenters. The van der Waals surface area contributed by atoms with Crippen LogP contribution in [-0.4, -0.2) is 60.3 Å². The van der Waals surface area contributed by atoms with Gasteiger partial charge in [0.2, 0.25) is 17.7 Å². The number of furan rings is 4. The molecule has 15 rings (SSSR count). The van der Waals surface area contributed by atoms with Crippen LogP contribution in [0.3, 0.4) is 0 Å². The molecule has 1 atom stereocenters. The monoisotopic (exact) mass is 1130 g/mol. The van der Waals surface area contributed by atoms with Gasteiger partial charge in [-0.15, -0.1) is 11.3 Å². The van der Waals surface area contributed by atoms with Crippen LogP contribution in [0.5, 0.6) is 0 Å².